The lowest BCUT2D eigenvalue weighted by molar-refractivity contribution is -0.0249. The molecule has 1 aliphatic heterocycles. The van der Waals surface area contributed by atoms with Crippen molar-refractivity contribution in [1.29, 1.82) is 0 Å². The molecule has 2 aromatic rings. The van der Waals surface area contributed by atoms with Crippen LogP contribution in [0.25, 0.3) is 11.0 Å². The van der Waals surface area contributed by atoms with Crippen molar-refractivity contribution in [3.8, 4) is 5.88 Å². The predicted octanol–water partition coefficient (Wildman–Crippen LogP) is -1.48. The van der Waals surface area contributed by atoms with Crippen LogP contribution in [0, 0.1) is 0 Å². The van der Waals surface area contributed by atoms with Crippen molar-refractivity contribution in [1.82, 2.24) is 20.2 Å². The highest BCUT2D eigenvalue weighted by Crippen LogP contribution is 2.33. The van der Waals surface area contributed by atoms with Crippen molar-refractivity contribution >= 4 is 11.0 Å². The van der Waals surface area contributed by atoms with E-state index in [1.165, 1.54) is 13.3 Å². The molecule has 1 aliphatic rings. The summed E-state index contributed by atoms with van der Waals surface area (Å²) >= 11 is 0. The number of hydrogen-bond donors (Lipinski definition) is 4. The molecule has 1 saturated heterocycles. The number of methoxy groups -OCH3 is 1. The van der Waals surface area contributed by atoms with Crippen molar-refractivity contribution in [3.05, 3.63) is 12.0 Å². The summed E-state index contributed by atoms with van der Waals surface area (Å²) in [5.41, 5.74) is 1.03. The largest absolute Gasteiger partial charge is 0.478 e. The van der Waals surface area contributed by atoms with Crippen LogP contribution in [0.2, 0.25) is 0 Å². The third-order valence-electron chi connectivity index (χ3n) is 3.29. The predicted molar refractivity (Wildman–Crippen MR) is 64.9 cm³/mol. The molecule has 0 bridgehead atoms. The molecule has 0 aromatic carbocycles. The minimum absolute atomic E-state index is 0.247. The maximum atomic E-state index is 9.96. The number of ether oxygens (including phenoxy) is 2. The summed E-state index contributed by atoms with van der Waals surface area (Å²) in [7, 11) is 1.45. The zero-order valence-corrected chi connectivity index (χ0v) is 10.6. The molecule has 4 N–H and O–H groups in total. The van der Waals surface area contributed by atoms with E-state index in [1.54, 1.807) is 0 Å². The van der Waals surface area contributed by atoms with Crippen LogP contribution in [0.5, 0.6) is 5.88 Å². The highest BCUT2D eigenvalue weighted by atomic mass is 16.6. The van der Waals surface area contributed by atoms with E-state index < -0.39 is 24.4 Å². The second kappa shape index (κ2) is 4.94. The van der Waals surface area contributed by atoms with Crippen LogP contribution in [0.4, 0.5) is 0 Å². The van der Waals surface area contributed by atoms with Gasteiger partial charge >= 0.3 is 0 Å². The summed E-state index contributed by atoms with van der Waals surface area (Å²) in [4.78, 5) is 7.19. The summed E-state index contributed by atoms with van der Waals surface area (Å²) < 4.78 is 10.4. The number of hydrogen-bond acceptors (Lipinski definition) is 8. The molecule has 4 atom stereocenters. The minimum Gasteiger partial charge on any atom is -0.478 e. The molecule has 0 amide bonds. The van der Waals surface area contributed by atoms with E-state index >= 15 is 0 Å². The van der Waals surface area contributed by atoms with E-state index in [4.69, 9.17) is 14.6 Å². The van der Waals surface area contributed by atoms with Gasteiger partial charge in [-0.3, -0.25) is 0 Å². The fraction of sp³-hybridized carbons (Fsp3) is 0.545. The fourth-order valence-electron chi connectivity index (χ4n) is 2.25. The van der Waals surface area contributed by atoms with Gasteiger partial charge in [-0.2, -0.15) is 5.10 Å². The summed E-state index contributed by atoms with van der Waals surface area (Å²) in [6.07, 6.45) is -2.59. The first-order chi connectivity index (χ1) is 9.65. The van der Waals surface area contributed by atoms with E-state index in [9.17, 15) is 10.2 Å². The molecular formula is C11H14N4O5. The molecular weight excluding hydrogens is 268 g/mol. The molecule has 2 aromatic heterocycles. The molecule has 0 saturated carbocycles. The van der Waals surface area contributed by atoms with E-state index in [0.29, 0.717) is 16.9 Å². The van der Waals surface area contributed by atoms with Crippen LogP contribution < -0.4 is 4.74 Å². The molecule has 9 heteroatoms. The van der Waals surface area contributed by atoms with Crippen molar-refractivity contribution in [3.63, 3.8) is 0 Å². The Bertz CT molecular complexity index is 618. The average Bonchev–Trinajstić information content (AvgIpc) is 3.01. The van der Waals surface area contributed by atoms with E-state index in [1.807, 2.05) is 0 Å². The van der Waals surface area contributed by atoms with Gasteiger partial charge in [0.2, 0.25) is 0 Å². The van der Waals surface area contributed by atoms with Gasteiger partial charge in [0.25, 0.3) is 5.88 Å². The number of imidazole rings is 1. The quantitative estimate of drug-likeness (QED) is 0.535. The molecule has 9 nitrogen and oxygen atoms in total. The molecule has 3 rings (SSSR count). The van der Waals surface area contributed by atoms with Gasteiger partial charge in [0.1, 0.15) is 30.2 Å². The second-order valence-corrected chi connectivity index (χ2v) is 4.50. The van der Waals surface area contributed by atoms with Crippen molar-refractivity contribution in [2.24, 2.45) is 0 Å². The van der Waals surface area contributed by atoms with E-state index in [-0.39, 0.29) is 12.5 Å². The lowest BCUT2D eigenvalue weighted by atomic mass is 10.1. The Hall–Kier alpha value is -1.81. The molecule has 3 heterocycles. The highest BCUT2D eigenvalue weighted by Gasteiger charge is 2.44. The van der Waals surface area contributed by atoms with Gasteiger partial charge in [0, 0.05) is 0 Å². The standard InChI is InChI=1S/C11H14N4O5/c1-19-11-6-4(2-12-15-11)13-10(14-6)9-8(18)7(17)5(3-16)20-9/h2,5,7-9,16-18H,3H2,1H3,(H,13,14)/t5-,7-,8-,9-/m1/s1. The molecule has 0 aliphatic carbocycles. The molecule has 0 unspecified atom stereocenters. The number of fused-ring (bicyclic) bond motifs is 1. The minimum atomic E-state index is -1.18. The van der Waals surface area contributed by atoms with Gasteiger partial charge < -0.3 is 29.8 Å². The van der Waals surface area contributed by atoms with Gasteiger partial charge in [-0.15, -0.1) is 5.10 Å². The number of aliphatic hydroxyl groups excluding tert-OH is 3. The van der Waals surface area contributed by atoms with Crippen LogP contribution in [-0.4, -0.2) is 67.5 Å². The topological polar surface area (TPSA) is 134 Å². The van der Waals surface area contributed by atoms with Crippen molar-refractivity contribution in [2.75, 3.05) is 13.7 Å². The molecule has 0 spiro atoms. The third-order valence-corrected chi connectivity index (χ3v) is 3.29. The smallest absolute Gasteiger partial charge is 0.261 e. The van der Waals surface area contributed by atoms with Crippen molar-refractivity contribution in [2.45, 2.75) is 24.4 Å². The first-order valence-electron chi connectivity index (χ1n) is 6.03. The Morgan fingerprint density at radius 2 is 2.20 bits per heavy atom. The van der Waals surface area contributed by atoms with Gasteiger partial charge in [-0.25, -0.2) is 4.98 Å². The summed E-state index contributed by atoms with van der Waals surface area (Å²) in [5, 5.41) is 36.3. The first-order valence-corrected chi connectivity index (χ1v) is 6.03. The summed E-state index contributed by atoms with van der Waals surface area (Å²) in [6, 6.07) is 0. The molecule has 20 heavy (non-hydrogen) atoms. The number of aliphatic hydroxyl groups is 3. The van der Waals surface area contributed by atoms with Crippen LogP contribution in [0.3, 0.4) is 0 Å². The molecule has 108 valence electrons. The van der Waals surface area contributed by atoms with Crippen LogP contribution in [0.15, 0.2) is 6.20 Å². The number of aromatic nitrogens is 4. The summed E-state index contributed by atoms with van der Waals surface area (Å²) in [6.45, 7) is -0.388. The maximum Gasteiger partial charge on any atom is 0.261 e. The Labute approximate surface area is 113 Å². The Kier molecular flexibility index (Phi) is 3.26. The highest BCUT2D eigenvalue weighted by molar-refractivity contribution is 5.78. The van der Waals surface area contributed by atoms with Crippen LogP contribution in [-0.2, 0) is 4.74 Å². The van der Waals surface area contributed by atoms with Gasteiger partial charge in [-0.05, 0) is 0 Å². The van der Waals surface area contributed by atoms with E-state index in [2.05, 4.69) is 20.2 Å². The van der Waals surface area contributed by atoms with Crippen molar-refractivity contribution < 1.29 is 24.8 Å². The molecule has 1 fully saturated rings. The monoisotopic (exact) mass is 282 g/mol. The second-order valence-electron chi connectivity index (χ2n) is 4.50. The Morgan fingerprint density at radius 1 is 1.40 bits per heavy atom. The third kappa shape index (κ3) is 1.91. The van der Waals surface area contributed by atoms with Crippen LogP contribution in [0.1, 0.15) is 11.9 Å². The van der Waals surface area contributed by atoms with Gasteiger partial charge in [0.05, 0.1) is 25.4 Å². The summed E-state index contributed by atoms with van der Waals surface area (Å²) in [5.74, 6) is 0.562. The van der Waals surface area contributed by atoms with Gasteiger partial charge in [-0.1, -0.05) is 0 Å². The Balaban J connectivity index is 1.99. The number of nitrogens with zero attached hydrogens (tertiary/aromatic N) is 3. The normalized spacial score (nSPS) is 30.0. The number of rotatable bonds is 3. The van der Waals surface area contributed by atoms with E-state index in [0.717, 1.165) is 0 Å². The lowest BCUT2D eigenvalue weighted by Gasteiger charge is -2.11. The zero-order valence-electron chi connectivity index (χ0n) is 10.6. The number of nitrogens with one attached hydrogen (secondary N) is 1. The maximum absolute atomic E-state index is 9.96. The SMILES string of the molecule is COc1nncc2[nH]c([C@@H]3O[C@H](CO)[C@@H](O)[C@H]3O)nc12. The van der Waals surface area contributed by atoms with Crippen LogP contribution >= 0.6 is 0 Å². The Morgan fingerprint density at radius 3 is 2.85 bits per heavy atom. The van der Waals surface area contributed by atoms with Gasteiger partial charge in [0.15, 0.2) is 5.52 Å². The lowest BCUT2D eigenvalue weighted by Crippen LogP contribution is -2.32. The molecule has 0 radical (unpaired) electrons. The number of aromatic amines is 1. The number of H-pyrrole nitrogens is 1. The fourth-order valence-corrected chi connectivity index (χ4v) is 2.25. The zero-order chi connectivity index (χ0) is 14.3. The first kappa shape index (κ1) is 13.2. The average molecular weight is 282 g/mol.